The summed E-state index contributed by atoms with van der Waals surface area (Å²) in [5.41, 5.74) is 0.445. The molecule has 0 saturated carbocycles. The predicted octanol–water partition coefficient (Wildman–Crippen LogP) is 3.92. The number of hydrogen-bond acceptors (Lipinski definition) is 6. The number of nitro benzene ring substituents is 1. The largest absolute Gasteiger partial charge is 0.514 e. The summed E-state index contributed by atoms with van der Waals surface area (Å²) in [4.78, 5) is 25.5. The maximum absolute atomic E-state index is 11.7. The fourth-order valence-corrected chi connectivity index (χ4v) is 1.94. The summed E-state index contributed by atoms with van der Waals surface area (Å²) < 4.78 is 10.0. The van der Waals surface area contributed by atoms with Crippen molar-refractivity contribution >= 4 is 23.4 Å². The number of nitro groups is 1. The van der Waals surface area contributed by atoms with Crippen molar-refractivity contribution in [1.82, 2.24) is 4.98 Å². The van der Waals surface area contributed by atoms with Gasteiger partial charge >= 0.3 is 6.16 Å². The van der Waals surface area contributed by atoms with Crippen LogP contribution in [0.3, 0.4) is 0 Å². The van der Waals surface area contributed by atoms with Crippen molar-refractivity contribution in [3.05, 3.63) is 63.4 Å². The first-order chi connectivity index (χ1) is 10.5. The van der Waals surface area contributed by atoms with E-state index in [-0.39, 0.29) is 16.6 Å². The molecule has 0 radical (unpaired) electrons. The van der Waals surface area contributed by atoms with E-state index in [1.165, 1.54) is 30.5 Å². The zero-order valence-electron chi connectivity index (χ0n) is 11.4. The molecule has 0 fully saturated rings. The Labute approximate surface area is 130 Å². The van der Waals surface area contributed by atoms with Crippen molar-refractivity contribution in [3.63, 3.8) is 0 Å². The Morgan fingerprint density at radius 3 is 2.59 bits per heavy atom. The average molecular weight is 323 g/mol. The van der Waals surface area contributed by atoms with Gasteiger partial charge in [-0.2, -0.15) is 0 Å². The molecule has 8 heteroatoms. The lowest BCUT2D eigenvalue weighted by Gasteiger charge is -2.13. The lowest BCUT2D eigenvalue weighted by Crippen LogP contribution is -2.14. The Hall–Kier alpha value is -2.67. The van der Waals surface area contributed by atoms with Gasteiger partial charge < -0.3 is 9.47 Å². The second kappa shape index (κ2) is 6.86. The van der Waals surface area contributed by atoms with Gasteiger partial charge in [0.2, 0.25) is 0 Å². The number of non-ortho nitro benzene ring substituents is 1. The van der Waals surface area contributed by atoms with Gasteiger partial charge in [-0.1, -0.05) is 17.7 Å². The summed E-state index contributed by atoms with van der Waals surface area (Å²) in [6, 6.07) is 8.41. The molecular weight excluding hydrogens is 312 g/mol. The van der Waals surface area contributed by atoms with Crippen molar-refractivity contribution in [2.75, 3.05) is 0 Å². The molecule has 0 saturated heterocycles. The van der Waals surface area contributed by atoms with E-state index in [0.717, 1.165) is 0 Å². The summed E-state index contributed by atoms with van der Waals surface area (Å²) in [5.74, 6) is 0.139. The maximum Gasteiger partial charge on any atom is 0.514 e. The van der Waals surface area contributed by atoms with Crippen molar-refractivity contribution in [1.29, 1.82) is 0 Å². The van der Waals surface area contributed by atoms with Crippen LogP contribution in [-0.4, -0.2) is 16.1 Å². The second-order valence-corrected chi connectivity index (χ2v) is 4.60. The molecule has 2 aromatic rings. The first-order valence-electron chi connectivity index (χ1n) is 6.20. The summed E-state index contributed by atoms with van der Waals surface area (Å²) in [6.07, 6.45) is -0.0682. The molecule has 0 unspecified atom stereocenters. The van der Waals surface area contributed by atoms with E-state index >= 15 is 0 Å². The Morgan fingerprint density at radius 2 is 2.00 bits per heavy atom. The molecule has 1 aromatic heterocycles. The van der Waals surface area contributed by atoms with Crippen LogP contribution in [0.25, 0.3) is 0 Å². The molecule has 1 atom stereocenters. The number of aromatic nitrogens is 1. The number of nitrogens with zero attached hydrogens (tertiary/aromatic N) is 2. The molecule has 0 aliphatic heterocycles. The lowest BCUT2D eigenvalue weighted by atomic mass is 10.2. The Balaban J connectivity index is 1.98. The zero-order chi connectivity index (χ0) is 16.1. The first-order valence-corrected chi connectivity index (χ1v) is 6.58. The number of pyridine rings is 1. The van der Waals surface area contributed by atoms with Gasteiger partial charge in [-0.25, -0.2) is 9.78 Å². The molecule has 22 heavy (non-hydrogen) atoms. The lowest BCUT2D eigenvalue weighted by molar-refractivity contribution is -0.384. The van der Waals surface area contributed by atoms with E-state index in [2.05, 4.69) is 4.98 Å². The van der Waals surface area contributed by atoms with E-state index < -0.39 is 17.2 Å². The number of carbonyl (C=O) groups is 1. The van der Waals surface area contributed by atoms with E-state index in [4.69, 9.17) is 21.1 Å². The molecule has 0 amide bonds. The fourth-order valence-electron chi connectivity index (χ4n) is 1.67. The van der Waals surface area contributed by atoms with Crippen molar-refractivity contribution < 1.29 is 19.2 Å². The van der Waals surface area contributed by atoms with E-state index in [0.29, 0.717) is 5.56 Å². The fraction of sp³-hybridized carbons (Fsp3) is 0.143. The van der Waals surface area contributed by atoms with Gasteiger partial charge in [0.15, 0.2) is 0 Å². The van der Waals surface area contributed by atoms with E-state index in [1.807, 2.05) is 0 Å². The molecule has 0 aliphatic carbocycles. The highest BCUT2D eigenvalue weighted by Crippen LogP contribution is 2.24. The van der Waals surface area contributed by atoms with Crippen molar-refractivity contribution in [2.45, 2.75) is 13.0 Å². The van der Waals surface area contributed by atoms with Gasteiger partial charge in [0.1, 0.15) is 17.0 Å². The van der Waals surface area contributed by atoms with Crippen LogP contribution >= 0.6 is 11.6 Å². The molecule has 7 nitrogen and oxygen atoms in total. The maximum atomic E-state index is 11.7. The summed E-state index contributed by atoms with van der Waals surface area (Å²) in [7, 11) is 0. The summed E-state index contributed by atoms with van der Waals surface area (Å²) in [6.45, 7) is 1.62. The third kappa shape index (κ3) is 3.92. The van der Waals surface area contributed by atoms with Crippen molar-refractivity contribution in [2.24, 2.45) is 0 Å². The van der Waals surface area contributed by atoms with Crippen LogP contribution in [0.1, 0.15) is 18.6 Å². The number of hydrogen-bond donors (Lipinski definition) is 0. The van der Waals surface area contributed by atoms with Crippen LogP contribution in [-0.2, 0) is 4.74 Å². The van der Waals surface area contributed by atoms with Crippen LogP contribution in [0.15, 0.2) is 42.6 Å². The third-order valence-corrected chi connectivity index (χ3v) is 3.06. The van der Waals surface area contributed by atoms with Gasteiger partial charge in [0, 0.05) is 23.9 Å². The SMILES string of the molecule is C[C@@H](OC(=O)Oc1ccc([N+](=O)[O-])cc1)c1cccnc1Cl. The molecule has 0 N–H and O–H groups in total. The molecule has 1 heterocycles. The molecule has 0 aliphatic rings. The van der Waals surface area contributed by atoms with Crippen LogP contribution in [0.4, 0.5) is 10.5 Å². The van der Waals surface area contributed by atoms with Crippen LogP contribution in [0.5, 0.6) is 5.75 Å². The first kappa shape index (κ1) is 15.7. The topological polar surface area (TPSA) is 91.6 Å². The normalized spacial score (nSPS) is 11.5. The molecule has 2 rings (SSSR count). The van der Waals surface area contributed by atoms with Gasteiger partial charge in [-0.15, -0.1) is 0 Å². The van der Waals surface area contributed by atoms with Crippen molar-refractivity contribution in [3.8, 4) is 5.75 Å². The number of benzene rings is 1. The number of carbonyl (C=O) groups excluding carboxylic acids is 1. The predicted molar refractivity (Wildman–Crippen MR) is 77.9 cm³/mol. The highest BCUT2D eigenvalue weighted by atomic mass is 35.5. The molecule has 114 valence electrons. The quantitative estimate of drug-likeness (QED) is 0.278. The standard InChI is InChI=1S/C14H11ClN2O5/c1-9(12-3-2-8-16-13(12)15)21-14(18)22-11-6-4-10(5-7-11)17(19)20/h2-9H,1H3/t9-/m1/s1. The highest BCUT2D eigenvalue weighted by molar-refractivity contribution is 6.30. The number of ether oxygens (including phenoxy) is 2. The van der Waals surface area contributed by atoms with Crippen LogP contribution in [0.2, 0.25) is 5.15 Å². The zero-order valence-corrected chi connectivity index (χ0v) is 12.2. The van der Waals surface area contributed by atoms with E-state index in [9.17, 15) is 14.9 Å². The molecule has 1 aromatic carbocycles. The molecule has 0 spiro atoms. The molecular formula is C14H11ClN2O5. The highest BCUT2D eigenvalue weighted by Gasteiger charge is 2.17. The minimum absolute atomic E-state index is 0.101. The number of halogens is 1. The summed E-state index contributed by atoms with van der Waals surface area (Å²) in [5, 5.41) is 10.8. The minimum Gasteiger partial charge on any atom is -0.426 e. The Kier molecular flexibility index (Phi) is 4.90. The van der Waals surface area contributed by atoms with Gasteiger partial charge in [-0.3, -0.25) is 10.1 Å². The minimum atomic E-state index is -0.943. The number of rotatable bonds is 4. The Morgan fingerprint density at radius 1 is 1.32 bits per heavy atom. The van der Waals surface area contributed by atoms with Gasteiger partial charge in [0.25, 0.3) is 5.69 Å². The van der Waals surface area contributed by atoms with Crippen LogP contribution < -0.4 is 4.74 Å². The van der Waals surface area contributed by atoms with E-state index in [1.54, 1.807) is 19.1 Å². The smallest absolute Gasteiger partial charge is 0.426 e. The van der Waals surface area contributed by atoms with Crippen LogP contribution in [0, 0.1) is 10.1 Å². The Bertz CT molecular complexity index is 690. The summed E-state index contributed by atoms with van der Waals surface area (Å²) >= 11 is 5.90. The second-order valence-electron chi connectivity index (χ2n) is 4.25. The van der Waals surface area contributed by atoms with Gasteiger partial charge in [-0.05, 0) is 25.1 Å². The van der Waals surface area contributed by atoms with Gasteiger partial charge in [0.05, 0.1) is 4.92 Å². The average Bonchev–Trinajstić information content (AvgIpc) is 2.48. The molecule has 0 bridgehead atoms. The third-order valence-electron chi connectivity index (χ3n) is 2.75. The monoisotopic (exact) mass is 322 g/mol.